The van der Waals surface area contributed by atoms with E-state index in [2.05, 4.69) is 15.0 Å². The molecule has 0 radical (unpaired) electrons. The lowest BCUT2D eigenvalue weighted by molar-refractivity contribution is 0.454. The van der Waals surface area contributed by atoms with Crippen LogP contribution in [0, 0.1) is 6.92 Å². The molecule has 94 valence electrons. The number of nitrogen functional groups attached to an aromatic ring is 1. The molecule has 2 heterocycles. The summed E-state index contributed by atoms with van der Waals surface area (Å²) in [6.45, 7) is 3.94. The maximum absolute atomic E-state index is 5.79. The molecule has 2 aromatic rings. The SMILES string of the molecule is CCc1nc(C)ccc1Oc1cc(Cl)nc(N)n1. The van der Waals surface area contributed by atoms with Gasteiger partial charge in [-0.25, -0.2) is 4.98 Å². The molecule has 2 rings (SSSR count). The molecule has 0 aliphatic carbocycles. The molecule has 0 aliphatic heterocycles. The van der Waals surface area contributed by atoms with Crippen molar-refractivity contribution in [3.05, 3.63) is 34.7 Å². The zero-order chi connectivity index (χ0) is 13.1. The van der Waals surface area contributed by atoms with Gasteiger partial charge in [-0.2, -0.15) is 4.98 Å². The van der Waals surface area contributed by atoms with Gasteiger partial charge in [0.25, 0.3) is 0 Å². The number of aromatic nitrogens is 3. The lowest BCUT2D eigenvalue weighted by atomic mass is 10.2. The second-order valence-electron chi connectivity index (χ2n) is 3.74. The summed E-state index contributed by atoms with van der Waals surface area (Å²) >= 11 is 5.79. The molecule has 18 heavy (non-hydrogen) atoms. The number of hydrogen-bond donors (Lipinski definition) is 1. The minimum Gasteiger partial charge on any atom is -0.437 e. The van der Waals surface area contributed by atoms with Gasteiger partial charge in [0.1, 0.15) is 5.15 Å². The van der Waals surface area contributed by atoms with E-state index in [0.717, 1.165) is 17.8 Å². The van der Waals surface area contributed by atoms with E-state index in [1.807, 2.05) is 26.0 Å². The van der Waals surface area contributed by atoms with Crippen LogP contribution < -0.4 is 10.5 Å². The molecule has 0 aliphatic rings. The first-order valence-corrected chi connectivity index (χ1v) is 5.90. The lowest BCUT2D eigenvalue weighted by Crippen LogP contribution is -2.00. The summed E-state index contributed by atoms with van der Waals surface area (Å²) in [7, 11) is 0. The van der Waals surface area contributed by atoms with Crippen LogP contribution in [-0.2, 0) is 6.42 Å². The second-order valence-corrected chi connectivity index (χ2v) is 4.13. The minimum atomic E-state index is 0.0793. The Labute approximate surface area is 110 Å². The van der Waals surface area contributed by atoms with Crippen molar-refractivity contribution < 1.29 is 4.74 Å². The molecule has 0 unspecified atom stereocenters. The molecule has 0 amide bonds. The van der Waals surface area contributed by atoms with Crippen molar-refractivity contribution in [3.8, 4) is 11.6 Å². The molecule has 0 atom stereocenters. The third kappa shape index (κ3) is 2.87. The number of nitrogens with zero attached hydrogens (tertiary/aromatic N) is 3. The summed E-state index contributed by atoms with van der Waals surface area (Å²) in [6, 6.07) is 5.24. The summed E-state index contributed by atoms with van der Waals surface area (Å²) < 4.78 is 5.64. The summed E-state index contributed by atoms with van der Waals surface area (Å²) in [6.07, 6.45) is 0.769. The molecule has 2 N–H and O–H groups in total. The van der Waals surface area contributed by atoms with E-state index < -0.39 is 0 Å². The zero-order valence-corrected chi connectivity index (χ0v) is 10.9. The predicted octanol–water partition coefficient (Wildman–Crippen LogP) is 2.77. The molecule has 5 nitrogen and oxygen atoms in total. The van der Waals surface area contributed by atoms with Crippen molar-refractivity contribution >= 4 is 17.5 Å². The number of nitrogens with two attached hydrogens (primary N) is 1. The van der Waals surface area contributed by atoms with Gasteiger partial charge in [0.05, 0.1) is 5.69 Å². The third-order valence-corrected chi connectivity index (χ3v) is 2.50. The fourth-order valence-electron chi connectivity index (χ4n) is 1.52. The number of halogens is 1. The smallest absolute Gasteiger partial charge is 0.225 e. The van der Waals surface area contributed by atoms with Crippen LogP contribution in [0.1, 0.15) is 18.3 Å². The van der Waals surface area contributed by atoms with E-state index in [-0.39, 0.29) is 11.1 Å². The zero-order valence-electron chi connectivity index (χ0n) is 10.1. The van der Waals surface area contributed by atoms with Crippen LogP contribution in [0.15, 0.2) is 18.2 Å². The molecule has 0 saturated heterocycles. The Kier molecular flexibility index (Phi) is 3.62. The first-order chi connectivity index (χ1) is 8.58. The second kappa shape index (κ2) is 5.18. The summed E-state index contributed by atoms with van der Waals surface area (Å²) in [4.78, 5) is 12.1. The monoisotopic (exact) mass is 264 g/mol. The largest absolute Gasteiger partial charge is 0.437 e. The van der Waals surface area contributed by atoms with Crippen LogP contribution in [0.25, 0.3) is 0 Å². The number of pyridine rings is 1. The van der Waals surface area contributed by atoms with E-state index in [4.69, 9.17) is 22.1 Å². The quantitative estimate of drug-likeness (QED) is 0.863. The van der Waals surface area contributed by atoms with Gasteiger partial charge in [-0.15, -0.1) is 0 Å². The van der Waals surface area contributed by atoms with Crippen LogP contribution in [0.2, 0.25) is 5.15 Å². The van der Waals surface area contributed by atoms with Crippen LogP contribution in [0.4, 0.5) is 5.95 Å². The molecule has 2 aromatic heterocycles. The number of anilines is 1. The molecule has 0 saturated carbocycles. The maximum Gasteiger partial charge on any atom is 0.225 e. The van der Waals surface area contributed by atoms with Gasteiger partial charge in [-0.1, -0.05) is 18.5 Å². The Morgan fingerprint density at radius 1 is 1.28 bits per heavy atom. The molecular weight excluding hydrogens is 252 g/mol. The highest BCUT2D eigenvalue weighted by atomic mass is 35.5. The van der Waals surface area contributed by atoms with Gasteiger partial charge >= 0.3 is 0 Å². The highest BCUT2D eigenvalue weighted by Crippen LogP contribution is 2.25. The van der Waals surface area contributed by atoms with E-state index in [1.54, 1.807) is 0 Å². The number of rotatable bonds is 3. The van der Waals surface area contributed by atoms with E-state index >= 15 is 0 Å². The van der Waals surface area contributed by atoms with Crippen molar-refractivity contribution in [1.29, 1.82) is 0 Å². The highest BCUT2D eigenvalue weighted by molar-refractivity contribution is 6.29. The van der Waals surface area contributed by atoms with Crippen LogP contribution in [-0.4, -0.2) is 15.0 Å². The molecule has 0 aromatic carbocycles. The molecule has 0 spiro atoms. The normalized spacial score (nSPS) is 10.4. The highest BCUT2D eigenvalue weighted by Gasteiger charge is 2.08. The van der Waals surface area contributed by atoms with Gasteiger partial charge in [-0.3, -0.25) is 4.98 Å². The van der Waals surface area contributed by atoms with Crippen LogP contribution >= 0.6 is 11.6 Å². The van der Waals surface area contributed by atoms with Crippen molar-refractivity contribution in [2.75, 3.05) is 5.73 Å². The summed E-state index contributed by atoms with van der Waals surface area (Å²) in [5.74, 6) is 1.04. The maximum atomic E-state index is 5.79. The Morgan fingerprint density at radius 3 is 2.72 bits per heavy atom. The van der Waals surface area contributed by atoms with Crippen molar-refractivity contribution in [2.45, 2.75) is 20.3 Å². The van der Waals surface area contributed by atoms with Gasteiger partial charge in [0.15, 0.2) is 5.75 Å². The molecule has 6 heteroatoms. The lowest BCUT2D eigenvalue weighted by Gasteiger charge is -2.09. The average Bonchev–Trinajstić information content (AvgIpc) is 2.30. The van der Waals surface area contributed by atoms with E-state index in [9.17, 15) is 0 Å². The van der Waals surface area contributed by atoms with E-state index in [0.29, 0.717) is 11.6 Å². The summed E-state index contributed by atoms with van der Waals surface area (Å²) in [5.41, 5.74) is 7.31. The van der Waals surface area contributed by atoms with E-state index in [1.165, 1.54) is 6.07 Å². The first-order valence-electron chi connectivity index (χ1n) is 5.53. The Bertz CT molecular complexity index is 554. The van der Waals surface area contributed by atoms with Crippen LogP contribution in [0.3, 0.4) is 0 Å². The summed E-state index contributed by atoms with van der Waals surface area (Å²) in [5, 5.41) is 0.246. The fourth-order valence-corrected chi connectivity index (χ4v) is 1.70. The predicted molar refractivity (Wildman–Crippen MR) is 69.9 cm³/mol. The Balaban J connectivity index is 2.33. The Hall–Kier alpha value is -1.88. The standard InChI is InChI=1S/C12H13ClN4O/c1-3-8-9(5-4-7(2)15-8)18-11-6-10(13)16-12(14)17-11/h4-6H,3H2,1-2H3,(H2,14,16,17). The van der Waals surface area contributed by atoms with Gasteiger partial charge < -0.3 is 10.5 Å². The van der Waals surface area contributed by atoms with Gasteiger partial charge in [-0.05, 0) is 25.5 Å². The van der Waals surface area contributed by atoms with Crippen molar-refractivity contribution in [2.24, 2.45) is 0 Å². The number of aryl methyl sites for hydroxylation is 2. The molecule has 0 bridgehead atoms. The third-order valence-electron chi connectivity index (χ3n) is 2.31. The Morgan fingerprint density at radius 2 is 2.06 bits per heavy atom. The van der Waals surface area contributed by atoms with Crippen LogP contribution in [0.5, 0.6) is 11.6 Å². The topological polar surface area (TPSA) is 73.9 Å². The average molecular weight is 265 g/mol. The van der Waals surface area contributed by atoms with Gasteiger partial charge in [0.2, 0.25) is 11.8 Å². The number of hydrogen-bond acceptors (Lipinski definition) is 5. The first kappa shape index (κ1) is 12.6. The fraction of sp³-hybridized carbons (Fsp3) is 0.250. The van der Waals surface area contributed by atoms with Gasteiger partial charge in [0, 0.05) is 11.8 Å². The molecule has 0 fully saturated rings. The minimum absolute atomic E-state index is 0.0793. The molecular formula is C12H13ClN4O. The van der Waals surface area contributed by atoms with Crippen molar-refractivity contribution in [3.63, 3.8) is 0 Å². The van der Waals surface area contributed by atoms with Crippen molar-refractivity contribution in [1.82, 2.24) is 15.0 Å². The number of ether oxygens (including phenoxy) is 1.